The van der Waals surface area contributed by atoms with E-state index in [2.05, 4.69) is 10.3 Å². The number of hydrogen-bond acceptors (Lipinski definition) is 3. The molecule has 0 spiro atoms. The van der Waals surface area contributed by atoms with Gasteiger partial charge in [0.25, 0.3) is 11.8 Å². The molecule has 1 N–H and O–H groups in total. The summed E-state index contributed by atoms with van der Waals surface area (Å²) >= 11 is 0. The van der Waals surface area contributed by atoms with Crippen molar-refractivity contribution in [1.29, 1.82) is 0 Å². The van der Waals surface area contributed by atoms with Crippen molar-refractivity contribution in [2.45, 2.75) is 26.7 Å². The molecule has 0 radical (unpaired) electrons. The molecule has 0 unspecified atom stereocenters. The second-order valence-electron chi connectivity index (χ2n) is 5.52. The van der Waals surface area contributed by atoms with Crippen LogP contribution in [-0.4, -0.2) is 34.8 Å². The molecule has 0 aliphatic heterocycles. The third-order valence-corrected chi connectivity index (χ3v) is 3.51. The normalized spacial score (nSPS) is 10.2. The van der Waals surface area contributed by atoms with E-state index in [1.54, 1.807) is 35.2 Å². The molecule has 0 saturated heterocycles. The maximum Gasteiger partial charge on any atom is 0.274 e. The van der Waals surface area contributed by atoms with Gasteiger partial charge in [-0.25, -0.2) is 4.98 Å². The number of carbonyl (C=O) groups is 2. The quantitative estimate of drug-likeness (QED) is 0.846. The Morgan fingerprint density at radius 3 is 2.17 bits per heavy atom. The van der Waals surface area contributed by atoms with Gasteiger partial charge in [-0.05, 0) is 37.1 Å². The number of pyridine rings is 1. The number of nitrogens with zero attached hydrogens (tertiary/aromatic N) is 2. The Morgan fingerprint density at radius 1 is 0.917 bits per heavy atom. The smallest absolute Gasteiger partial charge is 0.274 e. The fraction of sp³-hybridized carbons (Fsp3) is 0.316. The number of amides is 2. The molecule has 0 bridgehead atoms. The van der Waals surface area contributed by atoms with Crippen molar-refractivity contribution in [2.24, 2.45) is 0 Å². The minimum atomic E-state index is -0.326. The van der Waals surface area contributed by atoms with E-state index in [-0.39, 0.29) is 17.5 Å². The van der Waals surface area contributed by atoms with Gasteiger partial charge in [0.15, 0.2) is 0 Å². The van der Waals surface area contributed by atoms with Crippen molar-refractivity contribution in [3.05, 3.63) is 59.9 Å². The molecule has 2 rings (SSSR count). The van der Waals surface area contributed by atoms with E-state index in [0.717, 1.165) is 12.8 Å². The Kier molecular flexibility index (Phi) is 6.49. The van der Waals surface area contributed by atoms with Gasteiger partial charge in [-0.3, -0.25) is 9.59 Å². The Balaban J connectivity index is 2.15. The SMILES string of the molecule is CCCN(CCC)C(=O)c1cccc(C(=O)Nc2ccccc2)n1. The van der Waals surface area contributed by atoms with Gasteiger partial charge in [0, 0.05) is 18.8 Å². The van der Waals surface area contributed by atoms with E-state index in [1.807, 2.05) is 32.0 Å². The van der Waals surface area contributed by atoms with E-state index >= 15 is 0 Å². The van der Waals surface area contributed by atoms with Crippen LogP contribution in [0.5, 0.6) is 0 Å². The average molecular weight is 325 g/mol. The van der Waals surface area contributed by atoms with Crippen LogP contribution in [0, 0.1) is 0 Å². The zero-order valence-electron chi connectivity index (χ0n) is 14.2. The molecule has 5 heteroatoms. The van der Waals surface area contributed by atoms with E-state index < -0.39 is 0 Å². The Morgan fingerprint density at radius 2 is 1.54 bits per heavy atom. The van der Waals surface area contributed by atoms with Crippen LogP contribution in [0.25, 0.3) is 0 Å². The van der Waals surface area contributed by atoms with Crippen LogP contribution in [0.4, 0.5) is 5.69 Å². The molecule has 0 aliphatic rings. The molecular weight excluding hydrogens is 302 g/mol. The highest BCUT2D eigenvalue weighted by Crippen LogP contribution is 2.10. The highest BCUT2D eigenvalue weighted by molar-refractivity contribution is 6.03. The van der Waals surface area contributed by atoms with Crippen LogP contribution in [-0.2, 0) is 0 Å². The van der Waals surface area contributed by atoms with Gasteiger partial charge in [0.2, 0.25) is 0 Å². The minimum absolute atomic E-state index is 0.131. The number of nitrogens with one attached hydrogen (secondary N) is 1. The van der Waals surface area contributed by atoms with E-state index in [4.69, 9.17) is 0 Å². The van der Waals surface area contributed by atoms with Gasteiger partial charge >= 0.3 is 0 Å². The van der Waals surface area contributed by atoms with Crippen molar-refractivity contribution in [3.8, 4) is 0 Å². The Labute approximate surface area is 142 Å². The van der Waals surface area contributed by atoms with Crippen LogP contribution in [0.15, 0.2) is 48.5 Å². The predicted octanol–water partition coefficient (Wildman–Crippen LogP) is 3.60. The van der Waals surface area contributed by atoms with Crippen molar-refractivity contribution in [2.75, 3.05) is 18.4 Å². The summed E-state index contributed by atoms with van der Waals surface area (Å²) in [4.78, 5) is 30.9. The summed E-state index contributed by atoms with van der Waals surface area (Å²) in [5.74, 6) is -0.457. The lowest BCUT2D eigenvalue weighted by Crippen LogP contribution is -2.33. The standard InChI is InChI=1S/C19H23N3O2/c1-3-13-22(14-4-2)19(24)17-12-8-11-16(21-17)18(23)20-15-9-6-5-7-10-15/h5-12H,3-4,13-14H2,1-2H3,(H,20,23). The van der Waals surface area contributed by atoms with Gasteiger partial charge in [-0.2, -0.15) is 0 Å². The molecule has 0 saturated carbocycles. The number of benzene rings is 1. The monoisotopic (exact) mass is 325 g/mol. The fourth-order valence-corrected chi connectivity index (χ4v) is 2.41. The van der Waals surface area contributed by atoms with Crippen molar-refractivity contribution < 1.29 is 9.59 Å². The third kappa shape index (κ3) is 4.65. The summed E-state index contributed by atoms with van der Waals surface area (Å²) in [5.41, 5.74) is 1.23. The van der Waals surface area contributed by atoms with E-state index in [0.29, 0.717) is 24.5 Å². The number of rotatable bonds is 7. The summed E-state index contributed by atoms with van der Waals surface area (Å²) in [6.07, 6.45) is 1.78. The van der Waals surface area contributed by atoms with Gasteiger partial charge in [-0.15, -0.1) is 0 Å². The molecule has 24 heavy (non-hydrogen) atoms. The molecule has 126 valence electrons. The lowest BCUT2D eigenvalue weighted by molar-refractivity contribution is 0.0749. The second-order valence-corrected chi connectivity index (χ2v) is 5.52. The molecule has 0 aliphatic carbocycles. The first kappa shape index (κ1) is 17.7. The molecule has 1 aromatic carbocycles. The van der Waals surface area contributed by atoms with E-state index in [9.17, 15) is 9.59 Å². The third-order valence-electron chi connectivity index (χ3n) is 3.51. The number of carbonyl (C=O) groups excluding carboxylic acids is 2. The van der Waals surface area contributed by atoms with Crippen LogP contribution in [0.1, 0.15) is 47.7 Å². The van der Waals surface area contributed by atoms with Crippen LogP contribution in [0.2, 0.25) is 0 Å². The highest BCUT2D eigenvalue weighted by atomic mass is 16.2. The molecule has 5 nitrogen and oxygen atoms in total. The number of anilines is 1. The van der Waals surface area contributed by atoms with Crippen LogP contribution < -0.4 is 5.32 Å². The average Bonchev–Trinajstić information content (AvgIpc) is 2.62. The number of para-hydroxylation sites is 1. The van der Waals surface area contributed by atoms with Gasteiger partial charge < -0.3 is 10.2 Å². The molecule has 1 heterocycles. The summed E-state index contributed by atoms with van der Waals surface area (Å²) in [7, 11) is 0. The van der Waals surface area contributed by atoms with Crippen LogP contribution >= 0.6 is 0 Å². The Hall–Kier alpha value is -2.69. The lowest BCUT2D eigenvalue weighted by atomic mass is 10.2. The fourth-order valence-electron chi connectivity index (χ4n) is 2.41. The lowest BCUT2D eigenvalue weighted by Gasteiger charge is -2.21. The van der Waals surface area contributed by atoms with Crippen LogP contribution in [0.3, 0.4) is 0 Å². The second kappa shape index (κ2) is 8.82. The van der Waals surface area contributed by atoms with E-state index in [1.165, 1.54) is 0 Å². The molecule has 2 amide bonds. The maximum atomic E-state index is 12.6. The highest BCUT2D eigenvalue weighted by Gasteiger charge is 2.17. The van der Waals surface area contributed by atoms with Gasteiger partial charge in [0.05, 0.1) is 0 Å². The Bertz CT molecular complexity index is 680. The maximum absolute atomic E-state index is 12.6. The summed E-state index contributed by atoms with van der Waals surface area (Å²) in [6, 6.07) is 14.1. The molecular formula is C19H23N3O2. The van der Waals surface area contributed by atoms with Gasteiger partial charge in [-0.1, -0.05) is 38.1 Å². The van der Waals surface area contributed by atoms with Crippen molar-refractivity contribution in [3.63, 3.8) is 0 Å². The first-order chi connectivity index (χ1) is 11.7. The van der Waals surface area contributed by atoms with Gasteiger partial charge in [0.1, 0.15) is 11.4 Å². The minimum Gasteiger partial charge on any atom is -0.337 e. The largest absolute Gasteiger partial charge is 0.337 e. The predicted molar refractivity (Wildman–Crippen MR) is 95.1 cm³/mol. The molecule has 0 atom stereocenters. The number of hydrogen-bond donors (Lipinski definition) is 1. The summed E-state index contributed by atoms with van der Waals surface area (Å²) < 4.78 is 0. The topological polar surface area (TPSA) is 62.3 Å². The zero-order valence-corrected chi connectivity index (χ0v) is 14.2. The first-order valence-corrected chi connectivity index (χ1v) is 8.28. The zero-order chi connectivity index (χ0) is 17.4. The first-order valence-electron chi connectivity index (χ1n) is 8.28. The molecule has 0 fully saturated rings. The van der Waals surface area contributed by atoms with Crippen molar-refractivity contribution in [1.82, 2.24) is 9.88 Å². The number of aromatic nitrogens is 1. The summed E-state index contributed by atoms with van der Waals surface area (Å²) in [6.45, 7) is 5.45. The summed E-state index contributed by atoms with van der Waals surface area (Å²) in [5, 5.41) is 2.78. The van der Waals surface area contributed by atoms with Crippen molar-refractivity contribution >= 4 is 17.5 Å². The molecule has 2 aromatic rings. The molecule has 1 aromatic heterocycles.